The minimum absolute atomic E-state index is 0.0567. The summed E-state index contributed by atoms with van der Waals surface area (Å²) >= 11 is 0. The van der Waals surface area contributed by atoms with E-state index in [9.17, 15) is 0 Å². The number of rotatable bonds is 2. The van der Waals surface area contributed by atoms with E-state index in [0.29, 0.717) is 0 Å². The highest BCUT2D eigenvalue weighted by Gasteiger charge is 2.11. The van der Waals surface area contributed by atoms with Crippen LogP contribution in [0.4, 0.5) is 0 Å². The van der Waals surface area contributed by atoms with Crippen molar-refractivity contribution in [1.82, 2.24) is 0 Å². The fourth-order valence-corrected chi connectivity index (χ4v) is 1.02. The largest absolute Gasteiger partial charge is 0.155 e. The van der Waals surface area contributed by atoms with Crippen LogP contribution in [0.1, 0.15) is 20.8 Å². The number of allylic oxidation sites excluding steroid dienone is 3. The average Bonchev–Trinajstić information content (AvgIpc) is 2.37. The summed E-state index contributed by atoms with van der Waals surface area (Å²) in [5, 5.41) is 11.4. The molecule has 0 amide bonds. The Balaban J connectivity index is 2.67. The summed E-state index contributed by atoms with van der Waals surface area (Å²) in [5.41, 5.74) is 2.15. The number of hydrogen-bond acceptors (Lipinski definition) is 3. The molecule has 0 spiro atoms. The molecule has 0 saturated carbocycles. The molecule has 3 nitrogen and oxygen atoms in total. The lowest BCUT2D eigenvalue weighted by atomic mass is 10.1. The Kier molecular flexibility index (Phi) is 2.91. The zero-order valence-corrected chi connectivity index (χ0v) is 7.65. The highest BCUT2D eigenvalue weighted by molar-refractivity contribution is 5.89. The standard InChI is InChI=1S/C9H13N3/c1-4-5-7(2)6-9-8(3)10-12-11-9/h4-6,9H,1-3H3/b5-4-,7-6-. The molecule has 0 N–H and O–H groups in total. The van der Waals surface area contributed by atoms with Gasteiger partial charge in [0.25, 0.3) is 0 Å². The van der Waals surface area contributed by atoms with Crippen LogP contribution in [-0.4, -0.2) is 11.8 Å². The average molecular weight is 163 g/mol. The quantitative estimate of drug-likeness (QED) is 0.561. The van der Waals surface area contributed by atoms with E-state index in [-0.39, 0.29) is 6.04 Å². The molecule has 0 radical (unpaired) electrons. The molecule has 1 rings (SSSR count). The fraction of sp³-hybridized carbons (Fsp3) is 0.444. The van der Waals surface area contributed by atoms with E-state index in [4.69, 9.17) is 0 Å². The molecule has 1 aliphatic heterocycles. The Labute approximate surface area is 72.6 Å². The van der Waals surface area contributed by atoms with Gasteiger partial charge in [0.2, 0.25) is 0 Å². The van der Waals surface area contributed by atoms with E-state index < -0.39 is 0 Å². The highest BCUT2D eigenvalue weighted by Crippen LogP contribution is 2.09. The molecule has 1 atom stereocenters. The van der Waals surface area contributed by atoms with E-state index in [1.807, 2.05) is 32.9 Å². The minimum Gasteiger partial charge on any atom is -0.155 e. The van der Waals surface area contributed by atoms with Crippen molar-refractivity contribution in [3.63, 3.8) is 0 Å². The maximum Gasteiger partial charge on any atom is 0.131 e. The summed E-state index contributed by atoms with van der Waals surface area (Å²) in [5.74, 6) is 0. The maximum absolute atomic E-state index is 3.95. The molecule has 0 saturated heterocycles. The van der Waals surface area contributed by atoms with Crippen molar-refractivity contribution in [2.75, 3.05) is 0 Å². The normalized spacial score (nSPS) is 23.8. The number of hydrogen-bond donors (Lipinski definition) is 0. The third kappa shape index (κ3) is 2.12. The van der Waals surface area contributed by atoms with Crippen LogP contribution in [-0.2, 0) is 0 Å². The van der Waals surface area contributed by atoms with Crippen molar-refractivity contribution in [3.8, 4) is 0 Å². The molecule has 0 aromatic heterocycles. The molecule has 0 bridgehead atoms. The van der Waals surface area contributed by atoms with Gasteiger partial charge in [-0.25, -0.2) is 0 Å². The first kappa shape index (κ1) is 8.84. The Morgan fingerprint density at radius 3 is 2.75 bits per heavy atom. The van der Waals surface area contributed by atoms with Gasteiger partial charge in [0.15, 0.2) is 0 Å². The zero-order chi connectivity index (χ0) is 8.97. The second-order valence-electron chi connectivity index (χ2n) is 2.80. The lowest BCUT2D eigenvalue weighted by molar-refractivity contribution is 0.968. The molecule has 0 aromatic rings. The molecule has 1 heterocycles. The van der Waals surface area contributed by atoms with Gasteiger partial charge in [-0.05, 0) is 32.1 Å². The SMILES string of the molecule is C/C=C\C(C)=C/C1N=NN=C1C. The summed E-state index contributed by atoms with van der Waals surface area (Å²) in [6.07, 6.45) is 6.10. The highest BCUT2D eigenvalue weighted by atomic mass is 15.4. The molecule has 0 aliphatic carbocycles. The Morgan fingerprint density at radius 1 is 1.50 bits per heavy atom. The molecule has 3 heteroatoms. The summed E-state index contributed by atoms with van der Waals surface area (Å²) in [6, 6.07) is 0.0567. The topological polar surface area (TPSA) is 37.1 Å². The fourth-order valence-electron chi connectivity index (χ4n) is 1.02. The first-order chi connectivity index (χ1) is 5.74. The van der Waals surface area contributed by atoms with E-state index in [1.165, 1.54) is 5.57 Å². The summed E-state index contributed by atoms with van der Waals surface area (Å²) < 4.78 is 0. The van der Waals surface area contributed by atoms with Crippen LogP contribution < -0.4 is 0 Å². The van der Waals surface area contributed by atoms with Crippen LogP contribution in [0, 0.1) is 0 Å². The molecule has 64 valence electrons. The summed E-state index contributed by atoms with van der Waals surface area (Å²) in [7, 11) is 0. The minimum atomic E-state index is 0.0567. The summed E-state index contributed by atoms with van der Waals surface area (Å²) in [6.45, 7) is 5.97. The van der Waals surface area contributed by atoms with Crippen molar-refractivity contribution in [2.45, 2.75) is 26.8 Å². The van der Waals surface area contributed by atoms with Gasteiger partial charge < -0.3 is 0 Å². The lowest BCUT2D eigenvalue weighted by Crippen LogP contribution is -2.08. The maximum atomic E-state index is 3.95. The second kappa shape index (κ2) is 3.95. The third-order valence-corrected chi connectivity index (χ3v) is 1.66. The zero-order valence-electron chi connectivity index (χ0n) is 7.65. The van der Waals surface area contributed by atoms with Gasteiger partial charge in [0.05, 0.1) is 5.71 Å². The van der Waals surface area contributed by atoms with E-state index in [2.05, 4.69) is 21.5 Å². The predicted octanol–water partition coefficient (Wildman–Crippen LogP) is 2.72. The van der Waals surface area contributed by atoms with Gasteiger partial charge >= 0.3 is 0 Å². The summed E-state index contributed by atoms with van der Waals surface area (Å²) in [4.78, 5) is 0. The lowest BCUT2D eigenvalue weighted by Gasteiger charge is -1.98. The van der Waals surface area contributed by atoms with Crippen LogP contribution in [0.5, 0.6) is 0 Å². The van der Waals surface area contributed by atoms with Gasteiger partial charge in [-0.1, -0.05) is 17.7 Å². The van der Waals surface area contributed by atoms with Gasteiger partial charge in [0, 0.05) is 0 Å². The van der Waals surface area contributed by atoms with Gasteiger partial charge in [-0.2, -0.15) is 5.11 Å². The second-order valence-corrected chi connectivity index (χ2v) is 2.80. The van der Waals surface area contributed by atoms with E-state index in [1.54, 1.807) is 0 Å². The molecule has 0 fully saturated rings. The smallest absolute Gasteiger partial charge is 0.131 e. The third-order valence-electron chi connectivity index (χ3n) is 1.66. The monoisotopic (exact) mass is 163 g/mol. The van der Waals surface area contributed by atoms with Gasteiger partial charge in [0.1, 0.15) is 6.04 Å². The molecule has 1 aliphatic rings. The van der Waals surface area contributed by atoms with E-state index in [0.717, 1.165) is 5.71 Å². The van der Waals surface area contributed by atoms with Crippen LogP contribution in [0.2, 0.25) is 0 Å². The first-order valence-electron chi connectivity index (χ1n) is 3.99. The van der Waals surface area contributed by atoms with Gasteiger partial charge in [-0.15, -0.1) is 5.10 Å². The van der Waals surface area contributed by atoms with Gasteiger partial charge in [-0.3, -0.25) is 0 Å². The Hall–Kier alpha value is -1.25. The van der Waals surface area contributed by atoms with Crippen LogP contribution in [0.25, 0.3) is 0 Å². The van der Waals surface area contributed by atoms with Crippen LogP contribution in [0.3, 0.4) is 0 Å². The Bertz CT molecular complexity index is 271. The van der Waals surface area contributed by atoms with E-state index >= 15 is 0 Å². The van der Waals surface area contributed by atoms with Crippen molar-refractivity contribution in [1.29, 1.82) is 0 Å². The first-order valence-corrected chi connectivity index (χ1v) is 3.99. The van der Waals surface area contributed by atoms with Crippen molar-refractivity contribution >= 4 is 5.71 Å². The molecule has 12 heavy (non-hydrogen) atoms. The number of nitrogens with zero attached hydrogens (tertiary/aromatic N) is 3. The molecule has 0 aromatic carbocycles. The molecule has 1 unspecified atom stereocenters. The predicted molar refractivity (Wildman–Crippen MR) is 50.3 cm³/mol. The van der Waals surface area contributed by atoms with Crippen LogP contribution >= 0.6 is 0 Å². The van der Waals surface area contributed by atoms with Crippen molar-refractivity contribution in [3.05, 3.63) is 23.8 Å². The van der Waals surface area contributed by atoms with Crippen molar-refractivity contribution in [2.24, 2.45) is 15.4 Å². The Morgan fingerprint density at radius 2 is 2.25 bits per heavy atom. The van der Waals surface area contributed by atoms with Crippen LogP contribution in [0.15, 0.2) is 39.2 Å². The molecular weight excluding hydrogens is 150 g/mol. The van der Waals surface area contributed by atoms with Crippen molar-refractivity contribution < 1.29 is 0 Å². The molecular formula is C9H13N3.